The molecule has 1 aromatic rings. The highest BCUT2D eigenvalue weighted by Crippen LogP contribution is 2.20. The van der Waals surface area contributed by atoms with Crippen molar-refractivity contribution in [2.45, 2.75) is 12.8 Å². The van der Waals surface area contributed by atoms with Crippen LogP contribution in [0, 0.1) is 0 Å². The van der Waals surface area contributed by atoms with Gasteiger partial charge in [-0.1, -0.05) is 6.08 Å². The Kier molecular flexibility index (Phi) is 5.07. The van der Waals surface area contributed by atoms with Crippen molar-refractivity contribution in [3.8, 4) is 5.75 Å². The number of nitrogens with two attached hydrogens (primary N) is 1. The number of rotatable bonds is 6. The Labute approximate surface area is 101 Å². The molecule has 92 valence electrons. The van der Waals surface area contributed by atoms with E-state index in [1.54, 1.807) is 25.2 Å². The Morgan fingerprint density at radius 2 is 2.35 bits per heavy atom. The van der Waals surface area contributed by atoms with Gasteiger partial charge < -0.3 is 15.8 Å². The minimum atomic E-state index is -0.194. The van der Waals surface area contributed by atoms with Gasteiger partial charge in [0, 0.05) is 18.8 Å². The predicted molar refractivity (Wildman–Crippen MR) is 69.2 cm³/mol. The van der Waals surface area contributed by atoms with E-state index in [1.807, 2.05) is 6.08 Å². The molecule has 0 bridgehead atoms. The minimum Gasteiger partial charge on any atom is -0.494 e. The lowest BCUT2D eigenvalue weighted by Gasteiger charge is -2.08. The Morgan fingerprint density at radius 3 is 2.94 bits per heavy atom. The van der Waals surface area contributed by atoms with Crippen LogP contribution in [0.1, 0.15) is 23.2 Å². The fourth-order valence-corrected chi connectivity index (χ4v) is 1.39. The summed E-state index contributed by atoms with van der Waals surface area (Å²) in [5, 5.41) is 2.53. The van der Waals surface area contributed by atoms with Crippen LogP contribution in [0.5, 0.6) is 5.75 Å². The third-order valence-corrected chi connectivity index (χ3v) is 2.32. The van der Waals surface area contributed by atoms with Crippen LogP contribution < -0.4 is 15.8 Å². The Hall–Kier alpha value is -1.97. The number of nitrogen functional groups attached to an aromatic ring is 1. The number of ether oxygens (including phenoxy) is 1. The number of anilines is 1. The summed E-state index contributed by atoms with van der Waals surface area (Å²) in [6, 6.07) is 5.07. The topological polar surface area (TPSA) is 64.3 Å². The second-order valence-electron chi connectivity index (χ2n) is 3.61. The molecule has 0 saturated heterocycles. The van der Waals surface area contributed by atoms with E-state index in [9.17, 15) is 4.79 Å². The highest BCUT2D eigenvalue weighted by molar-refractivity contribution is 5.99. The molecule has 1 aromatic carbocycles. The predicted octanol–water partition coefficient (Wildman–Crippen LogP) is 1.97. The molecule has 0 aliphatic carbocycles. The average molecular weight is 234 g/mol. The van der Waals surface area contributed by atoms with Gasteiger partial charge in [-0.25, -0.2) is 0 Å². The summed E-state index contributed by atoms with van der Waals surface area (Å²) in [4.78, 5) is 11.4. The first-order chi connectivity index (χ1) is 8.19. The van der Waals surface area contributed by atoms with E-state index in [2.05, 4.69) is 11.9 Å². The van der Waals surface area contributed by atoms with Crippen LogP contribution >= 0.6 is 0 Å². The molecule has 3 N–H and O–H groups in total. The van der Waals surface area contributed by atoms with Gasteiger partial charge >= 0.3 is 0 Å². The molecule has 17 heavy (non-hydrogen) atoms. The molecule has 0 spiro atoms. The molecule has 0 saturated carbocycles. The standard InChI is InChI=1S/C13H18N2O2/c1-3-4-5-8-17-10-6-7-11(12(14)9-10)13(16)15-2/h3,6-7,9H,1,4-5,8,14H2,2H3,(H,15,16). The lowest BCUT2D eigenvalue weighted by atomic mass is 10.1. The molecule has 1 rings (SSSR count). The molecule has 4 nitrogen and oxygen atoms in total. The second-order valence-corrected chi connectivity index (χ2v) is 3.61. The van der Waals surface area contributed by atoms with E-state index in [1.165, 1.54) is 0 Å². The van der Waals surface area contributed by atoms with Gasteiger partial charge in [-0.05, 0) is 25.0 Å². The third kappa shape index (κ3) is 3.83. The summed E-state index contributed by atoms with van der Waals surface area (Å²) in [6.07, 6.45) is 3.69. The lowest BCUT2D eigenvalue weighted by molar-refractivity contribution is 0.0964. The van der Waals surface area contributed by atoms with E-state index < -0.39 is 0 Å². The van der Waals surface area contributed by atoms with Crippen molar-refractivity contribution < 1.29 is 9.53 Å². The van der Waals surface area contributed by atoms with Crippen molar-refractivity contribution in [1.29, 1.82) is 0 Å². The van der Waals surface area contributed by atoms with E-state index in [0.717, 1.165) is 12.8 Å². The van der Waals surface area contributed by atoms with Crippen molar-refractivity contribution in [2.75, 3.05) is 19.4 Å². The van der Waals surface area contributed by atoms with Gasteiger partial charge in [-0.2, -0.15) is 0 Å². The van der Waals surface area contributed by atoms with E-state index in [0.29, 0.717) is 23.6 Å². The molecule has 0 atom stereocenters. The summed E-state index contributed by atoms with van der Waals surface area (Å²) < 4.78 is 5.50. The zero-order chi connectivity index (χ0) is 12.7. The highest BCUT2D eigenvalue weighted by Gasteiger charge is 2.08. The van der Waals surface area contributed by atoms with E-state index in [4.69, 9.17) is 10.5 Å². The number of benzene rings is 1. The first-order valence-corrected chi connectivity index (χ1v) is 5.54. The molecular formula is C13H18N2O2. The zero-order valence-corrected chi connectivity index (χ0v) is 10.0. The molecule has 0 heterocycles. The van der Waals surface area contributed by atoms with Crippen molar-refractivity contribution in [3.63, 3.8) is 0 Å². The Balaban J connectivity index is 2.62. The summed E-state index contributed by atoms with van der Waals surface area (Å²) >= 11 is 0. The van der Waals surface area contributed by atoms with Crippen molar-refractivity contribution in [3.05, 3.63) is 36.4 Å². The first-order valence-electron chi connectivity index (χ1n) is 5.54. The number of unbranched alkanes of at least 4 members (excludes halogenated alkanes) is 1. The maximum atomic E-state index is 11.4. The average Bonchev–Trinajstić information content (AvgIpc) is 2.34. The normalized spacial score (nSPS) is 9.71. The number of carbonyl (C=O) groups is 1. The molecule has 0 aliphatic heterocycles. The number of hydrogen-bond donors (Lipinski definition) is 2. The van der Waals surface area contributed by atoms with Crippen LogP contribution in [0.4, 0.5) is 5.69 Å². The Bertz CT molecular complexity index is 402. The second kappa shape index (κ2) is 6.58. The molecule has 0 fully saturated rings. The van der Waals surface area contributed by atoms with Crippen LogP contribution in [-0.4, -0.2) is 19.6 Å². The lowest BCUT2D eigenvalue weighted by Crippen LogP contribution is -2.19. The van der Waals surface area contributed by atoms with Gasteiger partial charge in [0.15, 0.2) is 0 Å². The Morgan fingerprint density at radius 1 is 1.59 bits per heavy atom. The number of carbonyl (C=O) groups excluding carboxylic acids is 1. The van der Waals surface area contributed by atoms with Crippen LogP contribution in [0.25, 0.3) is 0 Å². The summed E-state index contributed by atoms with van der Waals surface area (Å²) in [6.45, 7) is 4.26. The SMILES string of the molecule is C=CCCCOc1ccc(C(=O)NC)c(N)c1. The fourth-order valence-electron chi connectivity index (χ4n) is 1.39. The summed E-state index contributed by atoms with van der Waals surface area (Å²) in [7, 11) is 1.57. The molecular weight excluding hydrogens is 216 g/mol. The number of nitrogens with one attached hydrogen (secondary N) is 1. The summed E-state index contributed by atoms with van der Waals surface area (Å²) in [5.74, 6) is 0.486. The minimum absolute atomic E-state index is 0.194. The van der Waals surface area contributed by atoms with Crippen molar-refractivity contribution >= 4 is 11.6 Å². The highest BCUT2D eigenvalue weighted by atomic mass is 16.5. The monoisotopic (exact) mass is 234 g/mol. The zero-order valence-electron chi connectivity index (χ0n) is 10.0. The quantitative estimate of drug-likeness (QED) is 0.449. The molecule has 0 aromatic heterocycles. The van der Waals surface area contributed by atoms with Gasteiger partial charge in [0.25, 0.3) is 5.91 Å². The molecule has 1 amide bonds. The van der Waals surface area contributed by atoms with Gasteiger partial charge in [-0.15, -0.1) is 6.58 Å². The van der Waals surface area contributed by atoms with Crippen molar-refractivity contribution in [1.82, 2.24) is 5.32 Å². The summed E-state index contributed by atoms with van der Waals surface area (Å²) in [5.41, 5.74) is 6.66. The van der Waals surface area contributed by atoms with Crippen molar-refractivity contribution in [2.24, 2.45) is 0 Å². The maximum absolute atomic E-state index is 11.4. The van der Waals surface area contributed by atoms with Crippen LogP contribution in [0.15, 0.2) is 30.9 Å². The molecule has 0 radical (unpaired) electrons. The van der Waals surface area contributed by atoms with Gasteiger partial charge in [-0.3, -0.25) is 4.79 Å². The van der Waals surface area contributed by atoms with E-state index in [-0.39, 0.29) is 5.91 Å². The third-order valence-electron chi connectivity index (χ3n) is 2.32. The van der Waals surface area contributed by atoms with Gasteiger partial charge in [0.2, 0.25) is 0 Å². The van der Waals surface area contributed by atoms with E-state index >= 15 is 0 Å². The fraction of sp³-hybridized carbons (Fsp3) is 0.308. The first kappa shape index (κ1) is 13.1. The van der Waals surface area contributed by atoms with Gasteiger partial charge in [0.05, 0.1) is 12.2 Å². The maximum Gasteiger partial charge on any atom is 0.253 e. The largest absolute Gasteiger partial charge is 0.494 e. The van der Waals surface area contributed by atoms with Crippen LogP contribution in [0.3, 0.4) is 0 Å². The molecule has 4 heteroatoms. The number of hydrogen-bond acceptors (Lipinski definition) is 3. The van der Waals surface area contributed by atoms with Crippen LogP contribution in [0.2, 0.25) is 0 Å². The smallest absolute Gasteiger partial charge is 0.253 e. The number of allylic oxidation sites excluding steroid dienone is 1. The number of amides is 1. The van der Waals surface area contributed by atoms with Gasteiger partial charge in [0.1, 0.15) is 5.75 Å². The molecule has 0 unspecified atom stereocenters. The van der Waals surface area contributed by atoms with Crippen LogP contribution in [-0.2, 0) is 0 Å². The molecule has 0 aliphatic rings.